The lowest BCUT2D eigenvalue weighted by atomic mass is 9.96. The summed E-state index contributed by atoms with van der Waals surface area (Å²) in [5, 5.41) is 3.00. The Kier molecular flexibility index (Phi) is 7.76. The fourth-order valence-corrected chi connectivity index (χ4v) is 3.47. The van der Waals surface area contributed by atoms with Gasteiger partial charge in [0.05, 0.1) is 14.2 Å². The van der Waals surface area contributed by atoms with Crippen molar-refractivity contribution >= 4 is 5.91 Å². The molecule has 6 nitrogen and oxygen atoms in total. The number of carbonyl (C=O) groups is 1. The van der Waals surface area contributed by atoms with Crippen LogP contribution in [-0.2, 0) is 11.3 Å². The Bertz CT molecular complexity index is 753. The Hall–Kier alpha value is -2.73. The fraction of sp³-hybridized carbons (Fsp3) is 0.435. The van der Waals surface area contributed by atoms with Crippen LogP contribution in [0.2, 0.25) is 0 Å². The van der Waals surface area contributed by atoms with Crippen LogP contribution in [0.15, 0.2) is 48.5 Å². The van der Waals surface area contributed by atoms with E-state index in [9.17, 15) is 4.79 Å². The predicted molar refractivity (Wildman–Crippen MR) is 112 cm³/mol. The van der Waals surface area contributed by atoms with Crippen molar-refractivity contribution in [3.05, 3.63) is 54.1 Å². The second kappa shape index (κ2) is 10.7. The number of hydrogen-bond acceptors (Lipinski definition) is 5. The number of amides is 1. The van der Waals surface area contributed by atoms with Crippen LogP contribution < -0.4 is 19.5 Å². The van der Waals surface area contributed by atoms with Crippen molar-refractivity contribution in [1.82, 2.24) is 10.2 Å². The first-order valence-electron chi connectivity index (χ1n) is 10.0. The summed E-state index contributed by atoms with van der Waals surface area (Å²) in [6.07, 6.45) is 2.19. The monoisotopic (exact) mass is 398 g/mol. The molecule has 0 aliphatic carbocycles. The summed E-state index contributed by atoms with van der Waals surface area (Å²) >= 11 is 0. The Labute approximate surface area is 172 Å². The molecule has 1 amide bonds. The summed E-state index contributed by atoms with van der Waals surface area (Å²) in [5.74, 6) is 2.75. The van der Waals surface area contributed by atoms with E-state index in [-0.39, 0.29) is 12.5 Å². The van der Waals surface area contributed by atoms with Crippen LogP contribution in [0.5, 0.6) is 17.2 Å². The number of nitrogens with zero attached hydrogens (tertiary/aromatic N) is 1. The third kappa shape index (κ3) is 6.68. The quantitative estimate of drug-likeness (QED) is 0.703. The lowest BCUT2D eigenvalue weighted by Crippen LogP contribution is -2.39. The molecule has 0 unspecified atom stereocenters. The fourth-order valence-electron chi connectivity index (χ4n) is 3.47. The van der Waals surface area contributed by atoms with E-state index in [1.807, 2.05) is 24.3 Å². The van der Waals surface area contributed by atoms with Crippen molar-refractivity contribution in [2.75, 3.05) is 40.5 Å². The number of piperidine rings is 1. The number of rotatable bonds is 9. The number of carbonyl (C=O) groups excluding carboxylic acids is 1. The molecule has 6 heteroatoms. The normalized spacial score (nSPS) is 15.0. The van der Waals surface area contributed by atoms with Crippen molar-refractivity contribution in [2.24, 2.45) is 5.92 Å². The zero-order valence-electron chi connectivity index (χ0n) is 17.2. The smallest absolute Gasteiger partial charge is 0.257 e. The van der Waals surface area contributed by atoms with E-state index in [0.29, 0.717) is 18.2 Å². The molecule has 156 valence electrons. The topological polar surface area (TPSA) is 60.0 Å². The molecule has 0 bridgehead atoms. The Morgan fingerprint density at radius 3 is 2.07 bits per heavy atom. The van der Waals surface area contributed by atoms with Crippen LogP contribution >= 0.6 is 0 Å². The highest BCUT2D eigenvalue weighted by Gasteiger charge is 2.20. The first kappa shape index (κ1) is 21.0. The van der Waals surface area contributed by atoms with Crippen LogP contribution in [0.25, 0.3) is 0 Å². The van der Waals surface area contributed by atoms with Gasteiger partial charge in [0.15, 0.2) is 6.61 Å². The number of nitrogens with one attached hydrogen (secondary N) is 1. The van der Waals surface area contributed by atoms with Gasteiger partial charge in [-0.25, -0.2) is 0 Å². The molecule has 0 radical (unpaired) electrons. The van der Waals surface area contributed by atoms with Gasteiger partial charge in [0.1, 0.15) is 17.2 Å². The molecular formula is C23H30N2O4. The number of benzene rings is 2. The van der Waals surface area contributed by atoms with Crippen molar-refractivity contribution in [3.63, 3.8) is 0 Å². The molecule has 29 heavy (non-hydrogen) atoms. The molecule has 0 aromatic heterocycles. The van der Waals surface area contributed by atoms with Crippen molar-refractivity contribution < 1.29 is 19.0 Å². The molecule has 1 aliphatic heterocycles. The van der Waals surface area contributed by atoms with Crippen molar-refractivity contribution in [1.29, 1.82) is 0 Å². The van der Waals surface area contributed by atoms with Gasteiger partial charge < -0.3 is 19.5 Å². The molecule has 1 N–H and O–H groups in total. The number of ether oxygens (including phenoxy) is 3. The van der Waals surface area contributed by atoms with Gasteiger partial charge in [0.25, 0.3) is 5.91 Å². The maximum Gasteiger partial charge on any atom is 0.257 e. The first-order valence-corrected chi connectivity index (χ1v) is 10.0. The standard InChI is InChI=1S/C23H30N2O4/c1-27-20-5-3-19(4-6-20)16-25-13-11-18(12-14-25)15-24-23(26)17-29-22-9-7-21(28-2)8-10-22/h3-10,18H,11-17H2,1-2H3,(H,24,26). The van der Waals surface area contributed by atoms with E-state index < -0.39 is 0 Å². The minimum absolute atomic E-state index is 0.0304. The Balaban J connectivity index is 1.32. The Morgan fingerprint density at radius 1 is 0.931 bits per heavy atom. The van der Waals surface area contributed by atoms with Crippen LogP contribution in [0.3, 0.4) is 0 Å². The summed E-state index contributed by atoms with van der Waals surface area (Å²) in [6.45, 7) is 3.80. The highest BCUT2D eigenvalue weighted by molar-refractivity contribution is 5.77. The van der Waals surface area contributed by atoms with Crippen LogP contribution in [-0.4, -0.2) is 51.3 Å². The van der Waals surface area contributed by atoms with Crippen LogP contribution in [0, 0.1) is 5.92 Å². The third-order valence-corrected chi connectivity index (χ3v) is 5.29. The molecule has 1 fully saturated rings. The van der Waals surface area contributed by atoms with Crippen molar-refractivity contribution in [3.8, 4) is 17.2 Å². The summed E-state index contributed by atoms with van der Waals surface area (Å²) in [6, 6.07) is 15.5. The van der Waals surface area contributed by atoms with E-state index in [1.165, 1.54) is 5.56 Å². The average Bonchev–Trinajstić information content (AvgIpc) is 2.78. The van der Waals surface area contributed by atoms with E-state index >= 15 is 0 Å². The molecule has 0 saturated carbocycles. The number of methoxy groups -OCH3 is 2. The maximum absolute atomic E-state index is 12.1. The largest absolute Gasteiger partial charge is 0.497 e. The van der Waals surface area contributed by atoms with E-state index in [4.69, 9.17) is 14.2 Å². The van der Waals surface area contributed by atoms with Crippen LogP contribution in [0.1, 0.15) is 18.4 Å². The summed E-state index contributed by atoms with van der Waals surface area (Å²) in [5.41, 5.74) is 1.30. The lowest BCUT2D eigenvalue weighted by molar-refractivity contribution is -0.123. The summed E-state index contributed by atoms with van der Waals surface area (Å²) < 4.78 is 15.8. The SMILES string of the molecule is COc1ccc(CN2CCC(CNC(=O)COc3ccc(OC)cc3)CC2)cc1. The molecular weight excluding hydrogens is 368 g/mol. The number of hydrogen-bond donors (Lipinski definition) is 1. The Morgan fingerprint density at radius 2 is 1.48 bits per heavy atom. The van der Waals surface area contributed by atoms with Gasteiger partial charge in [-0.15, -0.1) is 0 Å². The van der Waals surface area contributed by atoms with Gasteiger partial charge in [0.2, 0.25) is 0 Å². The first-order chi connectivity index (χ1) is 14.2. The highest BCUT2D eigenvalue weighted by Crippen LogP contribution is 2.20. The molecule has 3 rings (SSSR count). The van der Waals surface area contributed by atoms with Gasteiger partial charge in [-0.3, -0.25) is 9.69 Å². The van der Waals surface area contributed by atoms with E-state index in [1.54, 1.807) is 26.4 Å². The van der Waals surface area contributed by atoms with Crippen LogP contribution in [0.4, 0.5) is 0 Å². The summed E-state index contributed by atoms with van der Waals surface area (Å²) in [7, 11) is 3.30. The lowest BCUT2D eigenvalue weighted by Gasteiger charge is -2.32. The average molecular weight is 399 g/mol. The predicted octanol–water partition coefficient (Wildman–Crippen LogP) is 3.11. The molecule has 1 heterocycles. The summed E-state index contributed by atoms with van der Waals surface area (Å²) in [4.78, 5) is 14.5. The third-order valence-electron chi connectivity index (χ3n) is 5.29. The highest BCUT2D eigenvalue weighted by atomic mass is 16.5. The van der Waals surface area contributed by atoms with Gasteiger partial charge in [-0.05, 0) is 73.8 Å². The van der Waals surface area contributed by atoms with Gasteiger partial charge in [-0.1, -0.05) is 12.1 Å². The zero-order chi connectivity index (χ0) is 20.5. The molecule has 0 spiro atoms. The van der Waals surface area contributed by atoms with Crippen molar-refractivity contribution in [2.45, 2.75) is 19.4 Å². The zero-order valence-corrected chi connectivity index (χ0v) is 17.2. The maximum atomic E-state index is 12.1. The second-order valence-corrected chi connectivity index (χ2v) is 7.34. The molecule has 1 aliphatic rings. The molecule has 2 aromatic carbocycles. The van der Waals surface area contributed by atoms with Gasteiger partial charge in [-0.2, -0.15) is 0 Å². The molecule has 1 saturated heterocycles. The minimum atomic E-state index is -0.0820. The van der Waals surface area contributed by atoms with Gasteiger partial charge in [0, 0.05) is 13.1 Å². The van der Waals surface area contributed by atoms with Gasteiger partial charge >= 0.3 is 0 Å². The van der Waals surface area contributed by atoms with E-state index in [0.717, 1.165) is 44.0 Å². The second-order valence-electron chi connectivity index (χ2n) is 7.34. The minimum Gasteiger partial charge on any atom is -0.497 e. The molecule has 2 aromatic rings. The molecule has 0 atom stereocenters. The van der Waals surface area contributed by atoms with E-state index in [2.05, 4.69) is 22.3 Å². The number of likely N-dealkylation sites (tertiary alicyclic amines) is 1.